The number of fused-ring (bicyclic) bond motifs is 3. The van der Waals surface area contributed by atoms with Gasteiger partial charge in [-0.3, -0.25) is 4.79 Å². The molecule has 4 heteroatoms. The summed E-state index contributed by atoms with van der Waals surface area (Å²) in [6.45, 7) is 18.3. The fraction of sp³-hybridized carbons (Fsp3) is 0.667. The summed E-state index contributed by atoms with van der Waals surface area (Å²) in [7, 11) is 0.0840. The van der Waals surface area contributed by atoms with E-state index in [0.29, 0.717) is 16.6 Å². The van der Waals surface area contributed by atoms with E-state index in [1.807, 2.05) is 11.9 Å². The van der Waals surface area contributed by atoms with Crippen LogP contribution < -0.4 is 0 Å². The summed E-state index contributed by atoms with van der Waals surface area (Å²) in [6, 6.07) is 0. The molecule has 0 unspecified atom stereocenters. The first-order chi connectivity index (χ1) is 13.0. The van der Waals surface area contributed by atoms with Crippen molar-refractivity contribution in [1.29, 1.82) is 0 Å². The van der Waals surface area contributed by atoms with Crippen molar-refractivity contribution < 1.29 is 4.79 Å². The molecule has 0 atom stereocenters. The van der Waals surface area contributed by atoms with E-state index in [1.165, 1.54) is 11.1 Å². The molecule has 0 aromatic carbocycles. The topological polar surface area (TPSA) is 33.2 Å². The summed E-state index contributed by atoms with van der Waals surface area (Å²) in [5.41, 5.74) is 10.5. The van der Waals surface area contributed by atoms with Gasteiger partial charge in [0.25, 0.3) is 5.91 Å². The zero-order chi connectivity index (χ0) is 21.0. The molecular formula is C24H36N2OSi. The summed E-state index contributed by atoms with van der Waals surface area (Å²) < 4.78 is 0. The Morgan fingerprint density at radius 1 is 1.00 bits per heavy atom. The Morgan fingerprint density at radius 2 is 1.54 bits per heavy atom. The van der Waals surface area contributed by atoms with Gasteiger partial charge in [-0.2, -0.15) is 0 Å². The molecule has 28 heavy (non-hydrogen) atoms. The average molecular weight is 397 g/mol. The number of rotatable bonds is 3. The molecule has 2 heterocycles. The molecule has 0 saturated carbocycles. The smallest absolute Gasteiger partial charge is 0.256 e. The van der Waals surface area contributed by atoms with Crippen LogP contribution in [0, 0.1) is 11.5 Å². The van der Waals surface area contributed by atoms with Crippen LogP contribution in [0.2, 0.25) is 16.6 Å². The lowest BCUT2D eigenvalue weighted by molar-refractivity contribution is 0.0687. The summed E-state index contributed by atoms with van der Waals surface area (Å²) in [5.74, 6) is 3.72. The Labute approximate surface area is 172 Å². The lowest BCUT2D eigenvalue weighted by Gasteiger charge is -2.38. The van der Waals surface area contributed by atoms with Crippen LogP contribution in [-0.4, -0.2) is 30.9 Å². The van der Waals surface area contributed by atoms with Gasteiger partial charge in [0.2, 0.25) is 0 Å². The second-order valence-electron chi connectivity index (χ2n) is 10.1. The molecule has 1 aliphatic heterocycles. The highest BCUT2D eigenvalue weighted by atomic mass is 28.3. The first-order valence-corrected chi connectivity index (χ1v) is 13.1. The lowest BCUT2D eigenvalue weighted by Crippen LogP contribution is -2.43. The number of amides is 1. The number of carbonyl (C=O) groups excluding carboxylic acids is 1. The summed E-state index contributed by atoms with van der Waals surface area (Å²) >= 11 is 0. The maximum atomic E-state index is 12.9. The monoisotopic (exact) mass is 396 g/mol. The van der Waals surface area contributed by atoms with E-state index in [-0.39, 0.29) is 11.4 Å². The Kier molecular flexibility index (Phi) is 5.30. The van der Waals surface area contributed by atoms with Gasteiger partial charge in [-0.25, -0.2) is 4.98 Å². The maximum absolute atomic E-state index is 12.9. The molecule has 1 amide bonds. The zero-order valence-electron chi connectivity index (χ0n) is 19.2. The number of hydrogen-bond donors (Lipinski definition) is 0. The number of aromatic nitrogens is 1. The third kappa shape index (κ3) is 2.85. The normalized spacial score (nSPS) is 18.0. The molecule has 0 fully saturated rings. The van der Waals surface area contributed by atoms with Crippen molar-refractivity contribution in [3.63, 3.8) is 0 Å². The molecule has 3 rings (SSSR count). The minimum atomic E-state index is -1.81. The van der Waals surface area contributed by atoms with Gasteiger partial charge in [0, 0.05) is 7.05 Å². The van der Waals surface area contributed by atoms with Crippen molar-refractivity contribution in [2.45, 2.75) is 96.8 Å². The molecule has 1 aromatic heterocycles. The minimum absolute atomic E-state index is 0.125. The lowest BCUT2D eigenvalue weighted by atomic mass is 9.94. The summed E-state index contributed by atoms with van der Waals surface area (Å²) in [6.07, 6.45) is 3.07. The van der Waals surface area contributed by atoms with E-state index in [0.717, 1.165) is 36.2 Å². The van der Waals surface area contributed by atoms with Crippen LogP contribution in [0.1, 0.15) is 94.7 Å². The highest BCUT2D eigenvalue weighted by Crippen LogP contribution is 2.43. The number of carbonyl (C=O) groups is 1. The predicted molar refractivity (Wildman–Crippen MR) is 119 cm³/mol. The Hall–Kier alpha value is -1.60. The standard InChI is InChI=1S/C24H36N2OSi/c1-15(2)28(16(3)4,17(5)6)14-13-20-18-11-10-12-19(18)21-22(25-20)24(7,8)26(9)23(21)27/h15-17H,10-12H2,1-9H3. The van der Waals surface area contributed by atoms with Gasteiger partial charge in [-0.1, -0.05) is 47.5 Å². The second-order valence-corrected chi connectivity index (χ2v) is 15.6. The molecular weight excluding hydrogens is 360 g/mol. The first kappa shape index (κ1) is 21.1. The fourth-order valence-electron chi connectivity index (χ4n) is 5.62. The van der Waals surface area contributed by atoms with Crippen molar-refractivity contribution in [1.82, 2.24) is 9.88 Å². The Balaban J connectivity index is 2.22. The van der Waals surface area contributed by atoms with Crippen LogP contribution >= 0.6 is 0 Å². The third-order valence-electron chi connectivity index (χ3n) is 7.47. The van der Waals surface area contributed by atoms with E-state index in [4.69, 9.17) is 4.98 Å². The molecule has 0 saturated heterocycles. The SMILES string of the molecule is CC(C)[Si](C#Cc1nc2c(c3c1CCC3)C(=O)N(C)C2(C)C)(C(C)C)C(C)C. The van der Waals surface area contributed by atoms with Crippen molar-refractivity contribution in [2.24, 2.45) is 0 Å². The van der Waals surface area contributed by atoms with Crippen molar-refractivity contribution in [3.8, 4) is 11.5 Å². The van der Waals surface area contributed by atoms with Gasteiger partial charge in [0.1, 0.15) is 13.8 Å². The summed E-state index contributed by atoms with van der Waals surface area (Å²) in [5, 5.41) is 0. The largest absolute Gasteiger partial charge is 0.331 e. The third-order valence-corrected chi connectivity index (χ3v) is 13.8. The Bertz CT molecular complexity index is 849. The first-order valence-electron chi connectivity index (χ1n) is 10.8. The van der Waals surface area contributed by atoms with E-state index < -0.39 is 8.07 Å². The van der Waals surface area contributed by atoms with E-state index in [9.17, 15) is 4.79 Å². The molecule has 3 nitrogen and oxygen atoms in total. The summed E-state index contributed by atoms with van der Waals surface area (Å²) in [4.78, 5) is 19.8. The van der Waals surface area contributed by atoms with Gasteiger partial charge < -0.3 is 4.90 Å². The van der Waals surface area contributed by atoms with E-state index >= 15 is 0 Å². The van der Waals surface area contributed by atoms with Crippen LogP contribution in [0.5, 0.6) is 0 Å². The van der Waals surface area contributed by atoms with Gasteiger partial charge >= 0.3 is 0 Å². The zero-order valence-corrected chi connectivity index (χ0v) is 20.2. The van der Waals surface area contributed by atoms with Gasteiger partial charge in [0.05, 0.1) is 16.8 Å². The number of hydrogen-bond acceptors (Lipinski definition) is 2. The van der Waals surface area contributed by atoms with Gasteiger partial charge in [-0.05, 0) is 60.9 Å². The van der Waals surface area contributed by atoms with Crippen LogP contribution in [0.25, 0.3) is 0 Å². The van der Waals surface area contributed by atoms with Crippen molar-refractivity contribution >= 4 is 14.0 Å². The van der Waals surface area contributed by atoms with Crippen LogP contribution in [0.3, 0.4) is 0 Å². The molecule has 1 aliphatic carbocycles. The molecule has 0 bridgehead atoms. The minimum Gasteiger partial charge on any atom is -0.331 e. The highest BCUT2D eigenvalue weighted by molar-refractivity contribution is 6.90. The van der Waals surface area contributed by atoms with Gasteiger partial charge in [0.15, 0.2) is 0 Å². The predicted octanol–water partition coefficient (Wildman–Crippen LogP) is 5.46. The number of pyridine rings is 1. The molecule has 0 N–H and O–H groups in total. The van der Waals surface area contributed by atoms with Crippen molar-refractivity contribution in [3.05, 3.63) is 28.1 Å². The highest BCUT2D eigenvalue weighted by Gasteiger charge is 2.45. The van der Waals surface area contributed by atoms with Crippen molar-refractivity contribution in [2.75, 3.05) is 7.05 Å². The quantitative estimate of drug-likeness (QED) is 0.502. The molecule has 1 aromatic rings. The van der Waals surface area contributed by atoms with E-state index in [2.05, 4.69) is 66.9 Å². The molecule has 0 spiro atoms. The maximum Gasteiger partial charge on any atom is 0.256 e. The Morgan fingerprint density at radius 3 is 2.07 bits per heavy atom. The fourth-order valence-corrected chi connectivity index (χ4v) is 10.8. The van der Waals surface area contributed by atoms with Crippen LogP contribution in [0.4, 0.5) is 0 Å². The van der Waals surface area contributed by atoms with Crippen LogP contribution in [0.15, 0.2) is 0 Å². The number of nitrogens with zero attached hydrogens (tertiary/aromatic N) is 2. The molecule has 0 radical (unpaired) electrons. The van der Waals surface area contributed by atoms with Crippen LogP contribution in [-0.2, 0) is 18.4 Å². The molecule has 152 valence electrons. The van der Waals surface area contributed by atoms with E-state index in [1.54, 1.807) is 0 Å². The second kappa shape index (κ2) is 7.02. The van der Waals surface area contributed by atoms with Gasteiger partial charge in [-0.15, -0.1) is 5.54 Å². The average Bonchev–Trinajstić information content (AvgIpc) is 3.14. The molecule has 2 aliphatic rings.